The van der Waals surface area contributed by atoms with Crippen LogP contribution in [-0.2, 0) is 0 Å². The lowest BCUT2D eigenvalue weighted by Crippen LogP contribution is -2.22. The fourth-order valence-electron chi connectivity index (χ4n) is 1.94. The van der Waals surface area contributed by atoms with Gasteiger partial charge in [-0.1, -0.05) is 11.8 Å². The maximum absolute atomic E-state index is 6.16. The Morgan fingerprint density at radius 1 is 1.10 bits per heavy atom. The first kappa shape index (κ1) is 15.5. The summed E-state index contributed by atoms with van der Waals surface area (Å²) in [6.45, 7) is 10.3. The summed E-state index contributed by atoms with van der Waals surface area (Å²) in [5.41, 5.74) is 9.42. The van der Waals surface area contributed by atoms with Crippen molar-refractivity contribution in [3.8, 4) is 0 Å². The Labute approximate surface area is 129 Å². The number of nitrogens with zero attached hydrogens (tertiary/aromatic N) is 2. The van der Waals surface area contributed by atoms with Crippen molar-refractivity contribution < 1.29 is 0 Å². The zero-order chi connectivity index (χ0) is 14.9. The van der Waals surface area contributed by atoms with Gasteiger partial charge in [0, 0.05) is 27.2 Å². The summed E-state index contributed by atoms with van der Waals surface area (Å²) in [6.07, 6.45) is 0. The van der Waals surface area contributed by atoms with E-state index in [0.29, 0.717) is 0 Å². The quantitative estimate of drug-likeness (QED) is 0.686. The molecule has 3 nitrogen and oxygen atoms in total. The number of nitrogens with two attached hydrogens (primary N) is 1. The molecule has 2 aromatic rings. The third-order valence-corrected chi connectivity index (χ3v) is 5.93. The number of hydrogen-bond donors (Lipinski definition) is 1. The summed E-state index contributed by atoms with van der Waals surface area (Å²) < 4.78 is 0. The summed E-state index contributed by atoms with van der Waals surface area (Å²) >= 11 is 3.46. The van der Waals surface area contributed by atoms with E-state index in [1.54, 1.807) is 23.1 Å². The molecule has 20 heavy (non-hydrogen) atoms. The Morgan fingerprint density at radius 3 is 2.15 bits per heavy atom. The summed E-state index contributed by atoms with van der Waals surface area (Å²) in [4.78, 5) is 11.8. The van der Waals surface area contributed by atoms with Crippen molar-refractivity contribution in [3.05, 3.63) is 38.8 Å². The molecular formula is C15H21N3S2. The average Bonchev–Trinajstić information content (AvgIpc) is 2.79. The molecule has 2 unspecified atom stereocenters. The molecule has 2 aromatic heterocycles. The maximum Gasteiger partial charge on any atom is 0.188 e. The van der Waals surface area contributed by atoms with Crippen molar-refractivity contribution in [2.24, 2.45) is 5.73 Å². The molecule has 2 N–H and O–H groups in total. The van der Waals surface area contributed by atoms with Gasteiger partial charge in [0.05, 0.1) is 5.25 Å². The third-order valence-electron chi connectivity index (χ3n) is 3.36. The van der Waals surface area contributed by atoms with Crippen LogP contribution >= 0.6 is 23.1 Å². The fraction of sp³-hybridized carbons (Fsp3) is 0.467. The summed E-state index contributed by atoms with van der Waals surface area (Å²) in [7, 11) is 0. The van der Waals surface area contributed by atoms with E-state index in [9.17, 15) is 0 Å². The lowest BCUT2D eigenvalue weighted by atomic mass is 10.2. The number of rotatable bonds is 4. The van der Waals surface area contributed by atoms with Crippen LogP contribution in [0, 0.1) is 27.7 Å². The Hall–Kier alpha value is -0.910. The van der Waals surface area contributed by atoms with E-state index >= 15 is 0 Å². The van der Waals surface area contributed by atoms with Crippen LogP contribution in [0.5, 0.6) is 0 Å². The lowest BCUT2D eigenvalue weighted by molar-refractivity contribution is 0.724. The molecule has 0 aliphatic rings. The van der Waals surface area contributed by atoms with Crippen LogP contribution in [0.15, 0.2) is 17.3 Å². The van der Waals surface area contributed by atoms with Crippen molar-refractivity contribution in [2.75, 3.05) is 0 Å². The maximum atomic E-state index is 6.16. The third kappa shape index (κ3) is 3.40. The molecule has 0 radical (unpaired) electrons. The zero-order valence-electron chi connectivity index (χ0n) is 12.6. The Kier molecular flexibility index (Phi) is 4.83. The molecule has 0 aromatic carbocycles. The highest BCUT2D eigenvalue weighted by atomic mass is 32.2. The topological polar surface area (TPSA) is 51.8 Å². The normalized spacial score (nSPS) is 14.3. The van der Waals surface area contributed by atoms with E-state index in [1.807, 2.05) is 20.8 Å². The van der Waals surface area contributed by atoms with Crippen molar-refractivity contribution in [1.82, 2.24) is 9.97 Å². The molecule has 0 saturated carbocycles. The van der Waals surface area contributed by atoms with Gasteiger partial charge in [-0.25, -0.2) is 9.97 Å². The standard InChI is InChI=1S/C15H21N3S2/c1-8-6-7-13(19-8)14(10(3)16)20-15-17-11(4)9(2)12(5)18-15/h6-7,10,14H,16H2,1-5H3. The first-order chi connectivity index (χ1) is 9.38. The SMILES string of the molecule is Cc1ccc(C(Sc2nc(C)c(C)c(C)n2)C(C)N)s1. The van der Waals surface area contributed by atoms with Crippen LogP contribution < -0.4 is 5.73 Å². The van der Waals surface area contributed by atoms with E-state index in [4.69, 9.17) is 5.73 Å². The van der Waals surface area contributed by atoms with Crippen molar-refractivity contribution >= 4 is 23.1 Å². The smallest absolute Gasteiger partial charge is 0.188 e. The highest BCUT2D eigenvalue weighted by Crippen LogP contribution is 2.39. The van der Waals surface area contributed by atoms with Crippen LogP contribution in [-0.4, -0.2) is 16.0 Å². The molecule has 0 aliphatic carbocycles. The van der Waals surface area contributed by atoms with E-state index < -0.39 is 0 Å². The van der Waals surface area contributed by atoms with Gasteiger partial charge in [-0.05, 0) is 52.3 Å². The number of thiophene rings is 1. The van der Waals surface area contributed by atoms with Gasteiger partial charge in [0.2, 0.25) is 0 Å². The molecule has 108 valence electrons. The van der Waals surface area contributed by atoms with Crippen molar-refractivity contribution in [1.29, 1.82) is 0 Å². The average molecular weight is 307 g/mol. The zero-order valence-corrected chi connectivity index (χ0v) is 14.2. The fourth-order valence-corrected chi connectivity index (χ4v) is 4.22. The monoisotopic (exact) mass is 307 g/mol. The minimum absolute atomic E-state index is 0.0589. The Morgan fingerprint density at radius 2 is 1.70 bits per heavy atom. The van der Waals surface area contributed by atoms with E-state index in [2.05, 4.69) is 35.9 Å². The van der Waals surface area contributed by atoms with Gasteiger partial charge >= 0.3 is 0 Å². The van der Waals surface area contributed by atoms with Crippen LogP contribution in [0.2, 0.25) is 0 Å². The van der Waals surface area contributed by atoms with E-state index in [1.165, 1.54) is 15.3 Å². The van der Waals surface area contributed by atoms with Crippen LogP contribution in [0.25, 0.3) is 0 Å². The number of aromatic nitrogens is 2. The van der Waals surface area contributed by atoms with Gasteiger partial charge in [-0.15, -0.1) is 11.3 Å². The molecule has 0 aliphatic heterocycles. The number of aryl methyl sites for hydroxylation is 3. The van der Waals surface area contributed by atoms with Gasteiger partial charge in [0.1, 0.15) is 0 Å². The lowest BCUT2D eigenvalue weighted by Gasteiger charge is -2.18. The molecule has 2 heterocycles. The first-order valence-corrected chi connectivity index (χ1v) is 8.38. The predicted molar refractivity (Wildman–Crippen MR) is 87.5 cm³/mol. The molecule has 0 amide bonds. The second-order valence-corrected chi connectivity index (χ2v) is 7.58. The molecule has 0 spiro atoms. The second-order valence-electron chi connectivity index (χ2n) is 5.15. The van der Waals surface area contributed by atoms with E-state index in [0.717, 1.165) is 16.5 Å². The minimum atomic E-state index is 0.0589. The van der Waals surface area contributed by atoms with Crippen molar-refractivity contribution in [3.63, 3.8) is 0 Å². The highest BCUT2D eigenvalue weighted by molar-refractivity contribution is 7.99. The highest BCUT2D eigenvalue weighted by Gasteiger charge is 2.21. The van der Waals surface area contributed by atoms with Crippen LogP contribution in [0.1, 0.15) is 38.9 Å². The largest absolute Gasteiger partial charge is 0.327 e. The molecular weight excluding hydrogens is 286 g/mol. The van der Waals surface area contributed by atoms with Crippen molar-refractivity contribution in [2.45, 2.75) is 51.1 Å². The molecule has 2 rings (SSSR count). The molecule has 0 saturated heterocycles. The van der Waals surface area contributed by atoms with Gasteiger partial charge in [-0.2, -0.15) is 0 Å². The van der Waals surface area contributed by atoms with Gasteiger partial charge in [-0.3, -0.25) is 0 Å². The van der Waals surface area contributed by atoms with E-state index in [-0.39, 0.29) is 11.3 Å². The van der Waals surface area contributed by atoms with Gasteiger partial charge < -0.3 is 5.73 Å². The Bertz CT molecular complexity index is 582. The predicted octanol–water partition coefficient (Wildman–Crippen LogP) is 3.95. The number of hydrogen-bond acceptors (Lipinski definition) is 5. The number of thioether (sulfide) groups is 1. The molecule has 0 bridgehead atoms. The summed E-state index contributed by atoms with van der Waals surface area (Å²) in [5, 5.41) is 1.02. The van der Waals surface area contributed by atoms with Gasteiger partial charge in [0.25, 0.3) is 0 Å². The first-order valence-electron chi connectivity index (χ1n) is 6.69. The minimum Gasteiger partial charge on any atom is -0.327 e. The molecule has 2 atom stereocenters. The second kappa shape index (κ2) is 6.24. The summed E-state index contributed by atoms with van der Waals surface area (Å²) in [5.74, 6) is 0. The summed E-state index contributed by atoms with van der Waals surface area (Å²) in [6, 6.07) is 4.36. The van der Waals surface area contributed by atoms with Gasteiger partial charge in [0.15, 0.2) is 5.16 Å². The molecule has 0 fully saturated rings. The van der Waals surface area contributed by atoms with Crippen LogP contribution in [0.3, 0.4) is 0 Å². The Balaban J connectivity index is 2.29. The van der Waals surface area contributed by atoms with Crippen LogP contribution in [0.4, 0.5) is 0 Å². The molecule has 5 heteroatoms.